The van der Waals surface area contributed by atoms with Gasteiger partial charge in [0.15, 0.2) is 17.5 Å². The largest absolute Gasteiger partial charge is 0.331 e. The van der Waals surface area contributed by atoms with E-state index in [9.17, 15) is 18.0 Å². The number of fused-ring (bicyclic) bond motifs is 1. The van der Waals surface area contributed by atoms with E-state index in [0.717, 1.165) is 23.3 Å². The van der Waals surface area contributed by atoms with E-state index >= 15 is 0 Å². The number of rotatable bonds is 2. The van der Waals surface area contributed by atoms with E-state index in [4.69, 9.17) is 0 Å². The van der Waals surface area contributed by atoms with Gasteiger partial charge in [-0.3, -0.25) is 4.79 Å². The molecule has 0 bridgehead atoms. The third kappa shape index (κ3) is 2.68. The minimum Gasteiger partial charge on any atom is -0.331 e. The summed E-state index contributed by atoms with van der Waals surface area (Å²) in [6.45, 7) is 4.38. The van der Waals surface area contributed by atoms with E-state index in [1.165, 1.54) is 0 Å². The summed E-state index contributed by atoms with van der Waals surface area (Å²) in [5.41, 5.74) is 1.75. The van der Waals surface area contributed by atoms with Crippen molar-refractivity contribution in [2.75, 3.05) is 6.54 Å². The lowest BCUT2D eigenvalue weighted by Crippen LogP contribution is -2.42. The van der Waals surface area contributed by atoms with Crippen LogP contribution in [0.2, 0.25) is 0 Å². The molecule has 5 heteroatoms. The minimum atomic E-state index is -1.61. The molecule has 1 amide bonds. The molecular weight excluding hydrogens is 315 g/mol. The van der Waals surface area contributed by atoms with Crippen molar-refractivity contribution < 1.29 is 18.0 Å². The normalized spacial score (nSPS) is 17.1. The molecule has 24 heavy (non-hydrogen) atoms. The van der Waals surface area contributed by atoms with Crippen molar-refractivity contribution in [2.45, 2.75) is 26.3 Å². The van der Waals surface area contributed by atoms with E-state index in [1.54, 1.807) is 4.90 Å². The fraction of sp³-hybridized carbons (Fsp3) is 0.316. The Morgan fingerprint density at radius 2 is 1.79 bits per heavy atom. The molecule has 1 aliphatic heterocycles. The monoisotopic (exact) mass is 333 g/mol. The van der Waals surface area contributed by atoms with Crippen LogP contribution < -0.4 is 0 Å². The average molecular weight is 333 g/mol. The number of nitrogens with zero attached hydrogens (tertiary/aromatic N) is 1. The van der Waals surface area contributed by atoms with Crippen LogP contribution in [0, 0.1) is 23.4 Å². The van der Waals surface area contributed by atoms with Gasteiger partial charge in [-0.05, 0) is 35.6 Å². The highest BCUT2D eigenvalue weighted by molar-refractivity contribution is 5.95. The predicted octanol–water partition coefficient (Wildman–Crippen LogP) is 4.50. The van der Waals surface area contributed by atoms with Crippen LogP contribution in [0.15, 0.2) is 36.4 Å². The molecule has 1 heterocycles. The first-order valence-corrected chi connectivity index (χ1v) is 7.94. The summed E-state index contributed by atoms with van der Waals surface area (Å²) in [5.74, 6) is -4.85. The van der Waals surface area contributed by atoms with Gasteiger partial charge in [-0.1, -0.05) is 38.1 Å². The van der Waals surface area contributed by atoms with Gasteiger partial charge in [0.25, 0.3) is 5.91 Å². The predicted molar refractivity (Wildman–Crippen MR) is 85.1 cm³/mol. The maximum Gasteiger partial charge on any atom is 0.257 e. The van der Waals surface area contributed by atoms with E-state index in [1.807, 2.05) is 38.1 Å². The smallest absolute Gasteiger partial charge is 0.257 e. The molecule has 0 saturated carbocycles. The first-order chi connectivity index (χ1) is 11.4. The number of halogens is 3. The van der Waals surface area contributed by atoms with Crippen molar-refractivity contribution in [1.29, 1.82) is 0 Å². The lowest BCUT2D eigenvalue weighted by Gasteiger charge is -2.40. The summed E-state index contributed by atoms with van der Waals surface area (Å²) in [5, 5.41) is 0. The zero-order valence-corrected chi connectivity index (χ0v) is 13.5. The van der Waals surface area contributed by atoms with Crippen molar-refractivity contribution >= 4 is 5.91 Å². The maximum atomic E-state index is 14.0. The number of benzene rings is 2. The highest BCUT2D eigenvalue weighted by Crippen LogP contribution is 2.36. The van der Waals surface area contributed by atoms with Gasteiger partial charge < -0.3 is 4.90 Å². The summed E-state index contributed by atoms with van der Waals surface area (Å²) in [6.07, 6.45) is 0.649. The van der Waals surface area contributed by atoms with Gasteiger partial charge in [0.1, 0.15) is 0 Å². The van der Waals surface area contributed by atoms with Crippen LogP contribution in [-0.4, -0.2) is 17.4 Å². The average Bonchev–Trinajstić information content (AvgIpc) is 2.58. The highest BCUT2D eigenvalue weighted by atomic mass is 19.2. The number of carbonyl (C=O) groups excluding carboxylic acids is 1. The van der Waals surface area contributed by atoms with Gasteiger partial charge in [0.05, 0.1) is 11.6 Å². The highest BCUT2D eigenvalue weighted by Gasteiger charge is 2.34. The fourth-order valence-corrected chi connectivity index (χ4v) is 3.39. The number of hydrogen-bond acceptors (Lipinski definition) is 1. The van der Waals surface area contributed by atoms with Crippen LogP contribution >= 0.6 is 0 Å². The zero-order valence-electron chi connectivity index (χ0n) is 13.5. The second-order valence-electron chi connectivity index (χ2n) is 6.36. The van der Waals surface area contributed by atoms with Crippen molar-refractivity contribution in [3.8, 4) is 0 Å². The Morgan fingerprint density at radius 1 is 1.08 bits per heavy atom. The fourth-order valence-electron chi connectivity index (χ4n) is 3.39. The summed E-state index contributed by atoms with van der Waals surface area (Å²) in [6, 6.07) is 9.39. The Labute approximate surface area is 138 Å². The molecule has 2 aromatic carbocycles. The number of hydrogen-bond donors (Lipinski definition) is 0. The molecule has 3 rings (SSSR count). The van der Waals surface area contributed by atoms with Crippen LogP contribution in [0.1, 0.15) is 41.4 Å². The molecular formula is C19H18F3NO. The maximum absolute atomic E-state index is 14.0. The SMILES string of the molecule is CC(C)C1c2ccccc2CCN1C(=O)c1ccc(F)c(F)c1F. The van der Waals surface area contributed by atoms with Crippen molar-refractivity contribution in [3.63, 3.8) is 0 Å². The quantitative estimate of drug-likeness (QED) is 0.741. The standard InChI is InChI=1S/C19H18F3NO/c1-11(2)18-13-6-4-3-5-12(13)9-10-23(18)19(24)14-7-8-15(20)17(22)16(14)21/h3-8,11,18H,9-10H2,1-2H3. The Morgan fingerprint density at radius 3 is 2.50 bits per heavy atom. The minimum absolute atomic E-state index is 0.101. The van der Waals surface area contributed by atoms with Gasteiger partial charge >= 0.3 is 0 Å². The molecule has 0 N–H and O–H groups in total. The van der Waals surface area contributed by atoms with E-state index in [2.05, 4.69) is 0 Å². The molecule has 0 fully saturated rings. The van der Waals surface area contributed by atoms with Crippen LogP contribution in [0.4, 0.5) is 13.2 Å². The molecule has 1 aliphatic rings. The van der Waals surface area contributed by atoms with E-state index < -0.39 is 28.9 Å². The topological polar surface area (TPSA) is 20.3 Å². The molecule has 0 aromatic heterocycles. The summed E-state index contributed by atoms with van der Waals surface area (Å²) >= 11 is 0. The van der Waals surface area contributed by atoms with Gasteiger partial charge in [-0.2, -0.15) is 0 Å². The third-order valence-electron chi connectivity index (χ3n) is 4.49. The van der Waals surface area contributed by atoms with Crippen molar-refractivity contribution in [1.82, 2.24) is 4.90 Å². The first-order valence-electron chi connectivity index (χ1n) is 7.94. The van der Waals surface area contributed by atoms with Crippen molar-refractivity contribution in [2.24, 2.45) is 5.92 Å². The van der Waals surface area contributed by atoms with Crippen molar-refractivity contribution in [3.05, 3.63) is 70.5 Å². The second-order valence-corrected chi connectivity index (χ2v) is 6.36. The molecule has 1 unspecified atom stereocenters. The van der Waals surface area contributed by atoms with E-state index in [-0.39, 0.29) is 12.0 Å². The van der Waals surface area contributed by atoms with Gasteiger partial charge in [0.2, 0.25) is 0 Å². The summed E-state index contributed by atoms with van der Waals surface area (Å²) in [7, 11) is 0. The Balaban J connectivity index is 2.03. The molecule has 126 valence electrons. The molecule has 0 spiro atoms. The van der Waals surface area contributed by atoms with Gasteiger partial charge in [0, 0.05) is 6.54 Å². The molecule has 0 saturated heterocycles. The van der Waals surface area contributed by atoms with Crippen LogP contribution in [-0.2, 0) is 6.42 Å². The molecule has 2 nitrogen and oxygen atoms in total. The van der Waals surface area contributed by atoms with Gasteiger partial charge in [-0.15, -0.1) is 0 Å². The zero-order chi connectivity index (χ0) is 17.4. The molecule has 1 atom stereocenters. The lowest BCUT2D eigenvalue weighted by atomic mass is 9.86. The van der Waals surface area contributed by atoms with Crippen LogP contribution in [0.3, 0.4) is 0 Å². The Kier molecular flexibility index (Phi) is 4.35. The molecule has 0 radical (unpaired) electrons. The van der Waals surface area contributed by atoms with Crippen LogP contribution in [0.25, 0.3) is 0 Å². The number of amides is 1. The lowest BCUT2D eigenvalue weighted by molar-refractivity contribution is 0.0597. The van der Waals surface area contributed by atoms with Crippen LogP contribution in [0.5, 0.6) is 0 Å². The first kappa shape index (κ1) is 16.6. The summed E-state index contributed by atoms with van der Waals surface area (Å²) in [4.78, 5) is 14.4. The Bertz CT molecular complexity index is 788. The molecule has 2 aromatic rings. The molecule has 0 aliphatic carbocycles. The third-order valence-corrected chi connectivity index (χ3v) is 4.49. The van der Waals surface area contributed by atoms with Gasteiger partial charge in [-0.25, -0.2) is 13.2 Å². The van der Waals surface area contributed by atoms with E-state index in [0.29, 0.717) is 13.0 Å². The number of carbonyl (C=O) groups is 1. The second kappa shape index (κ2) is 6.30. The Hall–Kier alpha value is -2.30. The summed E-state index contributed by atoms with van der Waals surface area (Å²) < 4.78 is 40.6.